The van der Waals surface area contributed by atoms with E-state index in [1.54, 1.807) is 0 Å². The number of amides is 1. The summed E-state index contributed by atoms with van der Waals surface area (Å²) in [7, 11) is 0. The molecule has 0 fully saturated rings. The molecule has 7 nitrogen and oxygen atoms in total. The lowest BCUT2D eigenvalue weighted by Gasteiger charge is -2.08. The average Bonchev–Trinajstić information content (AvgIpc) is 2.96. The van der Waals surface area contributed by atoms with Crippen LogP contribution in [0.2, 0.25) is 0 Å². The van der Waals surface area contributed by atoms with Crippen molar-refractivity contribution >= 4 is 17.1 Å². The minimum absolute atomic E-state index is 0.148. The van der Waals surface area contributed by atoms with Gasteiger partial charge < -0.3 is 10.7 Å². The number of H-pyrrole nitrogens is 1. The summed E-state index contributed by atoms with van der Waals surface area (Å²) >= 11 is 0. The summed E-state index contributed by atoms with van der Waals surface area (Å²) in [5.41, 5.74) is 3.02. The van der Waals surface area contributed by atoms with Gasteiger partial charge >= 0.3 is 5.69 Å². The number of benzene rings is 2. The van der Waals surface area contributed by atoms with E-state index in [-0.39, 0.29) is 28.2 Å². The Hall–Kier alpha value is -3.95. The van der Waals surface area contributed by atoms with Crippen molar-refractivity contribution in [3.8, 4) is 17.1 Å². The number of hydrogen-bond donors (Lipinski definition) is 2. The highest BCUT2D eigenvalue weighted by Crippen LogP contribution is 2.24. The quantitative estimate of drug-likeness (QED) is 0.564. The van der Waals surface area contributed by atoms with Gasteiger partial charge in [0, 0.05) is 5.56 Å². The minimum Gasteiger partial charge on any atom is -0.364 e. The van der Waals surface area contributed by atoms with Gasteiger partial charge in [-0.05, 0) is 24.3 Å². The number of carbonyl (C=O) groups is 1. The van der Waals surface area contributed by atoms with Crippen molar-refractivity contribution in [3.63, 3.8) is 0 Å². The Morgan fingerprint density at radius 1 is 1.04 bits per heavy atom. The van der Waals surface area contributed by atoms with Crippen molar-refractivity contribution in [1.82, 2.24) is 19.5 Å². The molecule has 0 saturated carbocycles. The number of carbonyl (C=O) groups excluding carboxylic acids is 1. The fourth-order valence-electron chi connectivity index (χ4n) is 2.83. The maximum Gasteiger partial charge on any atom is 0.332 e. The number of rotatable bonds is 3. The maximum atomic E-state index is 14.3. The molecule has 0 aliphatic heterocycles. The molecule has 4 aromatic rings. The SMILES string of the molecule is NC(=O)c1nc(-c2cccc(F)c2)nc2c1[nH]c(=O)n2-c1c(F)cccc1F. The van der Waals surface area contributed by atoms with Crippen LogP contribution in [0.15, 0.2) is 47.3 Å². The Balaban J connectivity index is 2.12. The zero-order valence-electron chi connectivity index (χ0n) is 13.9. The van der Waals surface area contributed by atoms with E-state index in [4.69, 9.17) is 5.73 Å². The lowest BCUT2D eigenvalue weighted by Crippen LogP contribution is -2.17. The second-order valence-corrected chi connectivity index (χ2v) is 5.80. The third-order valence-corrected chi connectivity index (χ3v) is 4.01. The van der Waals surface area contributed by atoms with Crippen LogP contribution >= 0.6 is 0 Å². The summed E-state index contributed by atoms with van der Waals surface area (Å²) in [6, 6.07) is 8.22. The smallest absolute Gasteiger partial charge is 0.332 e. The number of fused-ring (bicyclic) bond motifs is 1. The molecule has 0 aliphatic rings. The van der Waals surface area contributed by atoms with Crippen molar-refractivity contribution < 1.29 is 18.0 Å². The summed E-state index contributed by atoms with van der Waals surface area (Å²) in [5.74, 6) is -3.78. The molecule has 10 heteroatoms. The second-order valence-electron chi connectivity index (χ2n) is 5.80. The number of primary amides is 1. The van der Waals surface area contributed by atoms with Crippen LogP contribution in [0.3, 0.4) is 0 Å². The molecule has 1 amide bonds. The van der Waals surface area contributed by atoms with Crippen LogP contribution < -0.4 is 11.4 Å². The molecule has 2 aromatic heterocycles. The zero-order chi connectivity index (χ0) is 20.0. The van der Waals surface area contributed by atoms with Crippen LogP contribution in [0, 0.1) is 17.5 Å². The molecule has 0 radical (unpaired) electrons. The molecular formula is C18H10F3N5O2. The van der Waals surface area contributed by atoms with E-state index in [1.807, 2.05) is 0 Å². The normalized spacial score (nSPS) is 11.1. The molecule has 0 saturated heterocycles. The van der Waals surface area contributed by atoms with E-state index in [0.29, 0.717) is 4.57 Å². The Kier molecular flexibility index (Phi) is 3.95. The largest absolute Gasteiger partial charge is 0.364 e. The van der Waals surface area contributed by atoms with Crippen molar-refractivity contribution in [2.45, 2.75) is 0 Å². The van der Waals surface area contributed by atoms with Crippen molar-refractivity contribution in [2.75, 3.05) is 0 Å². The average molecular weight is 385 g/mol. The van der Waals surface area contributed by atoms with E-state index in [9.17, 15) is 22.8 Å². The predicted molar refractivity (Wildman–Crippen MR) is 93.3 cm³/mol. The maximum absolute atomic E-state index is 14.3. The number of nitrogens with zero attached hydrogens (tertiary/aromatic N) is 3. The Labute approximate surface area is 154 Å². The summed E-state index contributed by atoms with van der Waals surface area (Å²) < 4.78 is 42.7. The number of nitrogens with one attached hydrogen (secondary N) is 1. The number of imidazole rings is 1. The monoisotopic (exact) mass is 385 g/mol. The lowest BCUT2D eigenvalue weighted by atomic mass is 10.2. The van der Waals surface area contributed by atoms with E-state index in [1.165, 1.54) is 18.2 Å². The zero-order valence-corrected chi connectivity index (χ0v) is 13.9. The van der Waals surface area contributed by atoms with E-state index in [2.05, 4.69) is 15.0 Å². The number of hydrogen-bond acceptors (Lipinski definition) is 4. The molecule has 140 valence electrons. The lowest BCUT2D eigenvalue weighted by molar-refractivity contribution is 0.0997. The third-order valence-electron chi connectivity index (χ3n) is 4.01. The number of aromatic amines is 1. The van der Waals surface area contributed by atoms with Gasteiger partial charge in [0.2, 0.25) is 0 Å². The number of halogens is 3. The number of para-hydroxylation sites is 1. The first-order valence-electron chi connectivity index (χ1n) is 7.89. The van der Waals surface area contributed by atoms with Crippen LogP contribution in [0.1, 0.15) is 10.5 Å². The van der Waals surface area contributed by atoms with Crippen LogP contribution in [-0.4, -0.2) is 25.4 Å². The molecule has 0 unspecified atom stereocenters. The Bertz CT molecular complexity index is 1290. The first-order valence-corrected chi connectivity index (χ1v) is 7.89. The highest BCUT2D eigenvalue weighted by Gasteiger charge is 2.23. The topological polar surface area (TPSA) is 107 Å². The van der Waals surface area contributed by atoms with Gasteiger partial charge in [-0.2, -0.15) is 0 Å². The highest BCUT2D eigenvalue weighted by atomic mass is 19.1. The first kappa shape index (κ1) is 17.5. The van der Waals surface area contributed by atoms with Crippen LogP contribution in [-0.2, 0) is 0 Å². The molecule has 3 N–H and O–H groups in total. The third kappa shape index (κ3) is 2.71. The summed E-state index contributed by atoms with van der Waals surface area (Å²) in [4.78, 5) is 34.6. The fraction of sp³-hybridized carbons (Fsp3) is 0. The van der Waals surface area contributed by atoms with Gasteiger partial charge in [0.05, 0.1) is 0 Å². The van der Waals surface area contributed by atoms with Gasteiger partial charge in [0.15, 0.2) is 17.2 Å². The van der Waals surface area contributed by atoms with Crippen LogP contribution in [0.4, 0.5) is 13.2 Å². The van der Waals surface area contributed by atoms with Gasteiger partial charge in [-0.1, -0.05) is 18.2 Å². The highest BCUT2D eigenvalue weighted by molar-refractivity contribution is 6.02. The summed E-state index contributed by atoms with van der Waals surface area (Å²) in [6.07, 6.45) is 0. The van der Waals surface area contributed by atoms with Gasteiger partial charge in [-0.15, -0.1) is 0 Å². The molecular weight excluding hydrogens is 375 g/mol. The Morgan fingerprint density at radius 3 is 2.36 bits per heavy atom. The van der Waals surface area contributed by atoms with E-state index >= 15 is 0 Å². The molecule has 2 aromatic carbocycles. The van der Waals surface area contributed by atoms with Gasteiger partial charge in [-0.3, -0.25) is 4.79 Å². The first-order chi connectivity index (χ1) is 13.4. The van der Waals surface area contributed by atoms with Gasteiger partial charge in [-0.25, -0.2) is 32.5 Å². The van der Waals surface area contributed by atoms with Crippen molar-refractivity contribution in [1.29, 1.82) is 0 Å². The number of aromatic nitrogens is 4. The molecule has 4 rings (SSSR count). The van der Waals surface area contributed by atoms with Crippen molar-refractivity contribution in [2.24, 2.45) is 5.73 Å². The molecule has 28 heavy (non-hydrogen) atoms. The van der Waals surface area contributed by atoms with E-state index < -0.39 is 34.7 Å². The van der Waals surface area contributed by atoms with Crippen LogP contribution in [0.25, 0.3) is 28.2 Å². The predicted octanol–water partition coefficient (Wildman–Crippen LogP) is 2.29. The van der Waals surface area contributed by atoms with Gasteiger partial charge in [0.25, 0.3) is 5.91 Å². The number of nitrogens with two attached hydrogens (primary N) is 1. The molecule has 2 heterocycles. The summed E-state index contributed by atoms with van der Waals surface area (Å²) in [5, 5.41) is 0. The van der Waals surface area contributed by atoms with E-state index in [0.717, 1.165) is 24.3 Å². The molecule has 0 atom stereocenters. The Morgan fingerprint density at radius 2 is 1.71 bits per heavy atom. The molecule has 0 spiro atoms. The second kappa shape index (κ2) is 6.34. The minimum atomic E-state index is -1.02. The standard InChI is InChI=1S/C18H10F3N5O2/c19-9-4-1-3-8(7-9)16-23-12(15(22)27)13-17(25-16)26(18(28)24-13)14-10(20)5-2-6-11(14)21/h1-7H,(H2,22,27)(H,24,28). The van der Waals surface area contributed by atoms with Crippen LogP contribution in [0.5, 0.6) is 0 Å². The fourth-order valence-corrected chi connectivity index (χ4v) is 2.83. The molecule has 0 aliphatic carbocycles. The summed E-state index contributed by atoms with van der Waals surface area (Å²) in [6.45, 7) is 0. The molecule has 0 bridgehead atoms. The van der Waals surface area contributed by atoms with Gasteiger partial charge in [0.1, 0.15) is 28.7 Å². The van der Waals surface area contributed by atoms with Crippen molar-refractivity contribution in [3.05, 3.63) is 76.1 Å².